The highest BCUT2D eigenvalue weighted by Crippen LogP contribution is 2.27. The lowest BCUT2D eigenvalue weighted by molar-refractivity contribution is 0.472. The molecule has 16 heavy (non-hydrogen) atoms. The number of phenolic OH excluding ortho intramolecular Hbond substituents is 1. The van der Waals surface area contributed by atoms with Crippen LogP contribution in [0.3, 0.4) is 0 Å². The van der Waals surface area contributed by atoms with Gasteiger partial charge in [0, 0.05) is 0 Å². The Morgan fingerprint density at radius 3 is 2.69 bits per heavy atom. The summed E-state index contributed by atoms with van der Waals surface area (Å²) in [6, 6.07) is 6.91. The van der Waals surface area contributed by atoms with Gasteiger partial charge in [0.1, 0.15) is 11.4 Å². The minimum Gasteiger partial charge on any atom is -0.506 e. The lowest BCUT2D eigenvalue weighted by Crippen LogP contribution is -2.36. The Balaban J connectivity index is 2.32. The molecule has 0 aromatic heterocycles. The second-order valence-electron chi connectivity index (χ2n) is 3.37. The second kappa shape index (κ2) is 4.20. The number of hydrogen-bond acceptors (Lipinski definition) is 4. The Morgan fingerprint density at radius 1 is 1.38 bits per heavy atom. The Hall–Kier alpha value is -2.07. The van der Waals surface area contributed by atoms with Crippen LogP contribution >= 0.6 is 0 Å². The number of benzene rings is 1. The molecule has 2 rings (SSSR count). The first-order valence-corrected chi connectivity index (χ1v) is 4.94. The number of hydrogen-bond donors (Lipinski definition) is 2. The average molecular weight is 215 g/mol. The number of rotatable bonds is 3. The molecular weight excluding hydrogens is 202 g/mol. The van der Waals surface area contributed by atoms with Crippen molar-refractivity contribution in [2.45, 2.75) is 6.04 Å². The maximum Gasteiger partial charge on any atom is 0.142 e. The Kier molecular flexibility index (Phi) is 2.74. The maximum absolute atomic E-state index is 9.69. The number of nitrogens with zero attached hydrogens (tertiary/aromatic N) is 2. The van der Waals surface area contributed by atoms with Crippen molar-refractivity contribution >= 4 is 11.4 Å². The topological polar surface area (TPSA) is 47.9 Å². The zero-order valence-corrected chi connectivity index (χ0v) is 8.80. The summed E-state index contributed by atoms with van der Waals surface area (Å²) < 4.78 is 0. The van der Waals surface area contributed by atoms with Crippen LogP contribution in [0.15, 0.2) is 54.7 Å². The van der Waals surface area contributed by atoms with Gasteiger partial charge in [-0.15, -0.1) is 6.58 Å². The van der Waals surface area contributed by atoms with Crippen LogP contribution in [0.2, 0.25) is 0 Å². The van der Waals surface area contributed by atoms with E-state index in [0.29, 0.717) is 5.69 Å². The smallest absolute Gasteiger partial charge is 0.142 e. The summed E-state index contributed by atoms with van der Waals surface area (Å²) in [6.07, 6.45) is 3.40. The number of anilines is 1. The van der Waals surface area contributed by atoms with E-state index in [4.69, 9.17) is 0 Å². The predicted molar refractivity (Wildman–Crippen MR) is 65.3 cm³/mol. The fourth-order valence-electron chi connectivity index (χ4n) is 1.51. The van der Waals surface area contributed by atoms with Crippen molar-refractivity contribution in [2.75, 3.05) is 5.12 Å². The molecule has 4 nitrogen and oxygen atoms in total. The van der Waals surface area contributed by atoms with E-state index < -0.39 is 0 Å². The van der Waals surface area contributed by atoms with Gasteiger partial charge in [0.2, 0.25) is 0 Å². The molecule has 1 unspecified atom stereocenters. The number of hydrazone groups is 1. The highest BCUT2D eigenvalue weighted by Gasteiger charge is 2.23. The van der Waals surface area contributed by atoms with Crippen LogP contribution in [0, 0.1) is 0 Å². The lowest BCUT2D eigenvalue weighted by atomic mass is 10.2. The molecule has 82 valence electrons. The van der Waals surface area contributed by atoms with Crippen LogP contribution in [-0.4, -0.2) is 16.9 Å². The molecule has 0 fully saturated rings. The zero-order valence-electron chi connectivity index (χ0n) is 8.80. The third kappa shape index (κ3) is 1.70. The molecule has 0 saturated heterocycles. The van der Waals surface area contributed by atoms with E-state index in [9.17, 15) is 5.11 Å². The average Bonchev–Trinajstić information content (AvgIpc) is 2.72. The van der Waals surface area contributed by atoms with Gasteiger partial charge in [-0.2, -0.15) is 15.6 Å². The highest BCUT2D eigenvalue weighted by molar-refractivity contribution is 6.02. The van der Waals surface area contributed by atoms with Crippen LogP contribution in [0.25, 0.3) is 0 Å². The molecule has 4 heteroatoms. The van der Waals surface area contributed by atoms with E-state index in [1.165, 1.54) is 5.12 Å². The second-order valence-corrected chi connectivity index (χ2v) is 3.37. The molecule has 1 aliphatic rings. The fourth-order valence-corrected chi connectivity index (χ4v) is 1.51. The zero-order chi connectivity index (χ0) is 11.5. The summed E-state index contributed by atoms with van der Waals surface area (Å²) in [5.74, 6) is 0.173. The standard InChI is InChI=1S/C12H13N3O/c1-3-9-10(4-2)14-15(13-9)11-7-5-6-8-12(11)16/h3-9,13,16H,1-2H2. The summed E-state index contributed by atoms with van der Waals surface area (Å²) in [5, 5.41) is 15.5. The van der Waals surface area contributed by atoms with Crippen molar-refractivity contribution in [3.8, 4) is 5.75 Å². The Morgan fingerprint density at radius 2 is 2.12 bits per heavy atom. The maximum atomic E-state index is 9.69. The van der Waals surface area contributed by atoms with E-state index in [0.717, 1.165) is 5.71 Å². The van der Waals surface area contributed by atoms with Crippen molar-refractivity contribution in [1.29, 1.82) is 0 Å². The first-order chi connectivity index (χ1) is 7.76. The van der Waals surface area contributed by atoms with E-state index >= 15 is 0 Å². The minimum atomic E-state index is -0.0721. The summed E-state index contributed by atoms with van der Waals surface area (Å²) in [4.78, 5) is 0. The van der Waals surface area contributed by atoms with E-state index in [2.05, 4.69) is 23.7 Å². The molecule has 1 atom stereocenters. The molecule has 0 aliphatic carbocycles. The fraction of sp³-hybridized carbons (Fsp3) is 0.0833. The van der Waals surface area contributed by atoms with Crippen LogP contribution in [0.5, 0.6) is 5.75 Å². The number of hydrazine groups is 1. The summed E-state index contributed by atoms with van der Waals surface area (Å²) in [7, 11) is 0. The molecule has 0 radical (unpaired) electrons. The monoisotopic (exact) mass is 215 g/mol. The molecular formula is C12H13N3O. The SMILES string of the molecule is C=CC1=NN(c2ccccc2O)NC1C=C. The number of aromatic hydroxyl groups is 1. The van der Waals surface area contributed by atoms with Crippen molar-refractivity contribution in [1.82, 2.24) is 5.43 Å². The molecule has 1 aromatic rings. The van der Waals surface area contributed by atoms with Crippen molar-refractivity contribution in [3.63, 3.8) is 0 Å². The first kappa shape index (κ1) is 10.4. The van der Waals surface area contributed by atoms with Crippen LogP contribution in [-0.2, 0) is 0 Å². The van der Waals surface area contributed by atoms with E-state index in [1.807, 2.05) is 6.07 Å². The number of nitrogens with one attached hydrogen (secondary N) is 1. The number of para-hydroxylation sites is 2. The van der Waals surface area contributed by atoms with Crippen molar-refractivity contribution in [2.24, 2.45) is 5.10 Å². The normalized spacial score (nSPS) is 19.4. The van der Waals surface area contributed by atoms with Gasteiger partial charge in [0.15, 0.2) is 0 Å². The quantitative estimate of drug-likeness (QED) is 0.756. The highest BCUT2D eigenvalue weighted by atomic mass is 16.3. The molecule has 0 saturated carbocycles. The predicted octanol–water partition coefficient (Wildman–Crippen LogP) is 1.81. The van der Waals surface area contributed by atoms with Gasteiger partial charge >= 0.3 is 0 Å². The van der Waals surface area contributed by atoms with Gasteiger partial charge in [0.25, 0.3) is 0 Å². The van der Waals surface area contributed by atoms with E-state index in [-0.39, 0.29) is 11.8 Å². The molecule has 1 heterocycles. The van der Waals surface area contributed by atoms with Gasteiger partial charge in [-0.25, -0.2) is 0 Å². The summed E-state index contributed by atoms with van der Waals surface area (Å²) in [6.45, 7) is 7.39. The van der Waals surface area contributed by atoms with Gasteiger partial charge in [-0.3, -0.25) is 0 Å². The molecule has 0 amide bonds. The minimum absolute atomic E-state index is 0.0721. The molecule has 0 bridgehead atoms. The van der Waals surface area contributed by atoms with Gasteiger partial charge < -0.3 is 5.11 Å². The van der Waals surface area contributed by atoms with Gasteiger partial charge in [-0.05, 0) is 18.2 Å². The lowest BCUT2D eigenvalue weighted by Gasteiger charge is -2.16. The van der Waals surface area contributed by atoms with Crippen LogP contribution in [0.1, 0.15) is 0 Å². The Labute approximate surface area is 94.2 Å². The first-order valence-electron chi connectivity index (χ1n) is 4.94. The van der Waals surface area contributed by atoms with Crippen molar-refractivity contribution in [3.05, 3.63) is 49.6 Å². The molecule has 2 N–H and O–H groups in total. The Bertz CT molecular complexity index is 453. The van der Waals surface area contributed by atoms with Crippen molar-refractivity contribution < 1.29 is 5.11 Å². The van der Waals surface area contributed by atoms with E-state index in [1.54, 1.807) is 30.4 Å². The third-order valence-corrected chi connectivity index (χ3v) is 2.35. The third-order valence-electron chi connectivity index (χ3n) is 2.35. The largest absolute Gasteiger partial charge is 0.506 e. The van der Waals surface area contributed by atoms with Crippen LogP contribution in [0.4, 0.5) is 5.69 Å². The van der Waals surface area contributed by atoms with Gasteiger partial charge in [0.05, 0.1) is 11.8 Å². The van der Waals surface area contributed by atoms with Crippen LogP contribution < -0.4 is 10.5 Å². The number of phenols is 1. The molecule has 0 spiro atoms. The van der Waals surface area contributed by atoms with Gasteiger partial charge in [-0.1, -0.05) is 24.8 Å². The molecule has 1 aliphatic heterocycles. The summed E-state index contributed by atoms with van der Waals surface area (Å²) in [5.41, 5.74) is 4.46. The molecule has 1 aromatic carbocycles. The summed E-state index contributed by atoms with van der Waals surface area (Å²) >= 11 is 0.